The number of methoxy groups -OCH3 is 2. The van der Waals surface area contributed by atoms with Crippen molar-refractivity contribution in [2.24, 2.45) is 5.41 Å². The highest BCUT2D eigenvalue weighted by Gasteiger charge is 2.36. The smallest absolute Gasteiger partial charge is 0.255 e. The molecule has 1 N–H and O–H groups in total. The maximum absolute atomic E-state index is 13.1. The second-order valence-corrected chi connectivity index (χ2v) is 8.43. The third-order valence-corrected chi connectivity index (χ3v) is 5.64. The van der Waals surface area contributed by atoms with Gasteiger partial charge in [0.15, 0.2) is 0 Å². The first-order valence-corrected chi connectivity index (χ1v) is 10.1. The molecule has 0 saturated carbocycles. The molecule has 0 unspecified atom stereocenters. The third-order valence-electron chi connectivity index (χ3n) is 5.64. The standard InChI is InChI=1S/C24H27N3O3/c1-24(2)13-20(26-23(28)18-11-10-17(29-3)12-22(18)30-4)19-15-25-27(21(19)14-24)16-8-6-5-7-9-16/h5-12,15,20H,13-14H2,1-4H3,(H,26,28)/t20-/m1/s1. The minimum absolute atomic E-state index is 0.0293. The van der Waals surface area contributed by atoms with Crippen molar-refractivity contribution in [1.29, 1.82) is 0 Å². The van der Waals surface area contributed by atoms with Gasteiger partial charge in [0.25, 0.3) is 5.91 Å². The van der Waals surface area contributed by atoms with Crippen molar-refractivity contribution in [1.82, 2.24) is 15.1 Å². The number of rotatable bonds is 5. The summed E-state index contributed by atoms with van der Waals surface area (Å²) in [5.41, 5.74) is 3.75. The van der Waals surface area contributed by atoms with Gasteiger partial charge in [-0.3, -0.25) is 4.79 Å². The number of amides is 1. The van der Waals surface area contributed by atoms with Gasteiger partial charge in [0.1, 0.15) is 11.5 Å². The molecule has 2 aromatic carbocycles. The highest BCUT2D eigenvalue weighted by Crippen LogP contribution is 2.41. The summed E-state index contributed by atoms with van der Waals surface area (Å²) in [4.78, 5) is 13.1. The first kappa shape index (κ1) is 20.0. The van der Waals surface area contributed by atoms with Gasteiger partial charge in [0.05, 0.1) is 43.4 Å². The molecule has 0 saturated heterocycles. The van der Waals surface area contributed by atoms with Gasteiger partial charge in [-0.2, -0.15) is 5.10 Å². The van der Waals surface area contributed by atoms with Crippen LogP contribution in [0, 0.1) is 5.41 Å². The van der Waals surface area contributed by atoms with Gasteiger partial charge in [-0.05, 0) is 42.5 Å². The molecule has 0 fully saturated rings. The van der Waals surface area contributed by atoms with Gasteiger partial charge in [-0.25, -0.2) is 4.68 Å². The van der Waals surface area contributed by atoms with Crippen molar-refractivity contribution in [3.63, 3.8) is 0 Å². The maximum Gasteiger partial charge on any atom is 0.255 e. The van der Waals surface area contributed by atoms with Crippen LogP contribution in [0.5, 0.6) is 11.5 Å². The van der Waals surface area contributed by atoms with E-state index in [4.69, 9.17) is 9.47 Å². The molecule has 6 nitrogen and oxygen atoms in total. The fraction of sp³-hybridized carbons (Fsp3) is 0.333. The number of carbonyl (C=O) groups is 1. The van der Waals surface area contributed by atoms with Gasteiger partial charge in [-0.1, -0.05) is 32.0 Å². The predicted molar refractivity (Wildman–Crippen MR) is 115 cm³/mol. The van der Waals surface area contributed by atoms with Crippen LogP contribution in [0.4, 0.5) is 0 Å². The highest BCUT2D eigenvalue weighted by atomic mass is 16.5. The number of nitrogens with zero attached hydrogens (tertiary/aromatic N) is 2. The van der Waals surface area contributed by atoms with Crippen LogP contribution < -0.4 is 14.8 Å². The SMILES string of the molecule is COc1ccc(C(=O)N[C@@H]2CC(C)(C)Cc3c2cnn3-c2ccccc2)c(OC)c1. The Bertz CT molecular complexity index is 1060. The summed E-state index contributed by atoms with van der Waals surface area (Å²) in [5, 5.41) is 7.86. The first-order valence-electron chi connectivity index (χ1n) is 10.1. The van der Waals surface area contributed by atoms with Crippen LogP contribution in [-0.2, 0) is 6.42 Å². The van der Waals surface area contributed by atoms with Crippen molar-refractivity contribution < 1.29 is 14.3 Å². The van der Waals surface area contributed by atoms with E-state index in [1.807, 2.05) is 41.2 Å². The normalized spacial score (nSPS) is 17.1. The summed E-state index contributed by atoms with van der Waals surface area (Å²) < 4.78 is 12.6. The zero-order valence-corrected chi connectivity index (χ0v) is 17.8. The van der Waals surface area contributed by atoms with Crippen molar-refractivity contribution in [2.45, 2.75) is 32.7 Å². The molecular formula is C24H27N3O3. The van der Waals surface area contributed by atoms with Crippen LogP contribution in [0.1, 0.15) is 47.9 Å². The topological polar surface area (TPSA) is 65.4 Å². The summed E-state index contributed by atoms with van der Waals surface area (Å²) in [7, 11) is 3.14. The Morgan fingerprint density at radius 2 is 1.90 bits per heavy atom. The molecule has 1 amide bonds. The lowest BCUT2D eigenvalue weighted by atomic mass is 9.74. The maximum atomic E-state index is 13.1. The van der Waals surface area contributed by atoms with Crippen molar-refractivity contribution in [3.8, 4) is 17.2 Å². The predicted octanol–water partition coefficient (Wildman–Crippen LogP) is 4.33. The molecule has 0 spiro atoms. The largest absolute Gasteiger partial charge is 0.497 e. The van der Waals surface area contributed by atoms with E-state index in [-0.39, 0.29) is 17.4 Å². The van der Waals surface area contributed by atoms with Crippen LogP contribution >= 0.6 is 0 Å². The first-order chi connectivity index (χ1) is 14.4. The molecule has 30 heavy (non-hydrogen) atoms. The van der Waals surface area contributed by atoms with E-state index < -0.39 is 0 Å². The minimum atomic E-state index is -0.171. The fourth-order valence-corrected chi connectivity index (χ4v) is 4.19. The number of para-hydroxylation sites is 1. The van der Waals surface area contributed by atoms with Gasteiger partial charge in [0.2, 0.25) is 0 Å². The Balaban J connectivity index is 1.66. The number of ether oxygens (including phenoxy) is 2. The molecule has 156 valence electrons. The van der Waals surface area contributed by atoms with E-state index in [0.29, 0.717) is 17.1 Å². The van der Waals surface area contributed by atoms with E-state index in [9.17, 15) is 4.79 Å². The molecule has 1 aliphatic carbocycles. The van der Waals surface area contributed by atoms with E-state index in [0.717, 1.165) is 29.8 Å². The number of benzene rings is 2. The van der Waals surface area contributed by atoms with Crippen LogP contribution in [0.2, 0.25) is 0 Å². The Morgan fingerprint density at radius 3 is 2.60 bits per heavy atom. The van der Waals surface area contributed by atoms with E-state index >= 15 is 0 Å². The lowest BCUT2D eigenvalue weighted by molar-refractivity contribution is 0.0916. The van der Waals surface area contributed by atoms with Crippen LogP contribution in [-0.4, -0.2) is 29.9 Å². The third kappa shape index (κ3) is 3.77. The number of carbonyl (C=O) groups excluding carboxylic acids is 1. The van der Waals surface area contributed by atoms with Crippen molar-refractivity contribution in [2.75, 3.05) is 14.2 Å². The number of hydrogen-bond donors (Lipinski definition) is 1. The summed E-state index contributed by atoms with van der Waals surface area (Å²) in [5.74, 6) is 0.964. The molecule has 1 heterocycles. The second-order valence-electron chi connectivity index (χ2n) is 8.43. The molecule has 1 atom stereocenters. The zero-order valence-electron chi connectivity index (χ0n) is 17.8. The molecule has 1 aliphatic rings. The number of hydrogen-bond acceptors (Lipinski definition) is 4. The highest BCUT2D eigenvalue weighted by molar-refractivity contribution is 5.97. The number of aromatic nitrogens is 2. The Kier molecular flexibility index (Phi) is 5.24. The Hall–Kier alpha value is -3.28. The van der Waals surface area contributed by atoms with Crippen molar-refractivity contribution >= 4 is 5.91 Å². The second kappa shape index (κ2) is 7.86. The van der Waals surface area contributed by atoms with Gasteiger partial charge >= 0.3 is 0 Å². The van der Waals surface area contributed by atoms with Crippen LogP contribution in [0.3, 0.4) is 0 Å². The van der Waals surface area contributed by atoms with Gasteiger partial charge in [0, 0.05) is 11.6 Å². The minimum Gasteiger partial charge on any atom is -0.497 e. The molecule has 6 heteroatoms. The van der Waals surface area contributed by atoms with Crippen molar-refractivity contribution in [3.05, 3.63) is 71.5 Å². The number of fused-ring (bicyclic) bond motifs is 1. The Morgan fingerprint density at radius 1 is 1.13 bits per heavy atom. The summed E-state index contributed by atoms with van der Waals surface area (Å²) in [6, 6.07) is 15.2. The quantitative estimate of drug-likeness (QED) is 0.686. The average Bonchev–Trinajstić information content (AvgIpc) is 3.16. The molecule has 0 bridgehead atoms. The summed E-state index contributed by atoms with van der Waals surface area (Å²) in [6.07, 6.45) is 3.62. The van der Waals surface area contributed by atoms with E-state index in [2.05, 4.69) is 24.3 Å². The fourth-order valence-electron chi connectivity index (χ4n) is 4.19. The molecule has 4 rings (SSSR count). The van der Waals surface area contributed by atoms with Gasteiger partial charge < -0.3 is 14.8 Å². The number of nitrogens with one attached hydrogen (secondary N) is 1. The summed E-state index contributed by atoms with van der Waals surface area (Å²) in [6.45, 7) is 4.46. The molecular weight excluding hydrogens is 378 g/mol. The Labute approximate surface area is 176 Å². The van der Waals surface area contributed by atoms with Crippen LogP contribution in [0.15, 0.2) is 54.7 Å². The summed E-state index contributed by atoms with van der Waals surface area (Å²) >= 11 is 0. The van der Waals surface area contributed by atoms with Gasteiger partial charge in [-0.15, -0.1) is 0 Å². The van der Waals surface area contributed by atoms with Crippen LogP contribution in [0.25, 0.3) is 5.69 Å². The lowest BCUT2D eigenvalue weighted by Crippen LogP contribution is -2.36. The van der Waals surface area contributed by atoms with E-state index in [1.54, 1.807) is 32.4 Å². The molecule has 0 aliphatic heterocycles. The lowest BCUT2D eigenvalue weighted by Gasteiger charge is -2.36. The monoisotopic (exact) mass is 405 g/mol. The zero-order chi connectivity index (χ0) is 21.3. The average molecular weight is 405 g/mol. The van der Waals surface area contributed by atoms with E-state index in [1.165, 1.54) is 0 Å². The molecule has 0 radical (unpaired) electrons. The molecule has 1 aromatic heterocycles. The molecule has 3 aromatic rings.